The van der Waals surface area contributed by atoms with Crippen molar-refractivity contribution in [3.8, 4) is 0 Å². The van der Waals surface area contributed by atoms with Crippen LogP contribution in [0.3, 0.4) is 0 Å². The van der Waals surface area contributed by atoms with E-state index in [2.05, 4.69) is 10.3 Å². The number of hydrogen-bond donors (Lipinski definition) is 2. The zero-order chi connectivity index (χ0) is 7.82. The summed E-state index contributed by atoms with van der Waals surface area (Å²) in [4.78, 5) is 13.5. The molecule has 0 heterocycles. The normalized spacial score (nSPS) is 11.9. The lowest BCUT2D eigenvalue weighted by Crippen LogP contribution is -2.15. The molecule has 0 saturated heterocycles. The zero-order valence-electron chi connectivity index (χ0n) is 5.87. The third kappa shape index (κ3) is 3.65. The summed E-state index contributed by atoms with van der Waals surface area (Å²) in [5.74, 6) is 0. The van der Waals surface area contributed by atoms with Gasteiger partial charge >= 0.3 is 0 Å². The number of nitrogens with zero attached hydrogens (tertiary/aromatic N) is 1. The number of nitrogens with one attached hydrogen (secondary N) is 1. The van der Waals surface area contributed by atoms with Crippen molar-refractivity contribution in [1.82, 2.24) is 5.32 Å². The van der Waals surface area contributed by atoms with Gasteiger partial charge in [-0.15, -0.1) is 0 Å². The van der Waals surface area contributed by atoms with Crippen molar-refractivity contribution in [2.75, 3.05) is 13.6 Å². The van der Waals surface area contributed by atoms with Gasteiger partial charge < -0.3 is 11.1 Å². The monoisotopic (exact) mass is 141 g/mol. The van der Waals surface area contributed by atoms with Gasteiger partial charge in [-0.05, 0) is 0 Å². The van der Waals surface area contributed by atoms with Crippen molar-refractivity contribution < 1.29 is 4.79 Å². The molecule has 4 heteroatoms. The minimum Gasteiger partial charge on any atom is -0.404 e. The molecule has 0 aromatic carbocycles. The Labute approximate surface area is 59.8 Å². The highest BCUT2D eigenvalue weighted by molar-refractivity contribution is 5.79. The average molecular weight is 141 g/mol. The quantitative estimate of drug-likeness (QED) is 0.400. The van der Waals surface area contributed by atoms with E-state index in [1.807, 2.05) is 0 Å². The zero-order valence-corrected chi connectivity index (χ0v) is 5.87. The number of carbonyl (C=O) groups excluding carboxylic acids is 1. The number of nitrogens with two attached hydrogens (primary N) is 1. The van der Waals surface area contributed by atoms with Crippen LogP contribution in [0, 0.1) is 0 Å². The number of hydrogen-bond acceptors (Lipinski definition) is 3. The highest BCUT2D eigenvalue weighted by atomic mass is 16.1. The second kappa shape index (κ2) is 5.81. The van der Waals surface area contributed by atoms with Crippen LogP contribution in [0.5, 0.6) is 0 Å². The molecule has 0 rings (SSSR count). The van der Waals surface area contributed by atoms with Crippen LogP contribution in [-0.4, -0.2) is 26.2 Å². The number of amides is 1. The lowest BCUT2D eigenvalue weighted by Gasteiger charge is -1.96. The maximum atomic E-state index is 9.81. The molecule has 0 atom stereocenters. The first kappa shape index (κ1) is 8.68. The van der Waals surface area contributed by atoms with Gasteiger partial charge in [0.25, 0.3) is 0 Å². The molecule has 10 heavy (non-hydrogen) atoms. The largest absolute Gasteiger partial charge is 0.404 e. The Hall–Kier alpha value is -1.32. The maximum Gasteiger partial charge on any atom is 0.207 e. The van der Waals surface area contributed by atoms with E-state index >= 15 is 0 Å². The van der Waals surface area contributed by atoms with Gasteiger partial charge in [0.1, 0.15) is 0 Å². The molecule has 0 aliphatic carbocycles. The topological polar surface area (TPSA) is 67.5 Å². The molecule has 0 spiro atoms. The SMILES string of the molecule is CN=C/C(=C\N)CNC=O. The highest BCUT2D eigenvalue weighted by Gasteiger charge is 1.87. The Morgan fingerprint density at radius 3 is 2.90 bits per heavy atom. The molecule has 56 valence electrons. The van der Waals surface area contributed by atoms with Crippen molar-refractivity contribution in [3.63, 3.8) is 0 Å². The summed E-state index contributed by atoms with van der Waals surface area (Å²) in [6.45, 7) is 0.428. The van der Waals surface area contributed by atoms with Crippen LogP contribution in [0.1, 0.15) is 0 Å². The summed E-state index contributed by atoms with van der Waals surface area (Å²) < 4.78 is 0. The first-order valence-electron chi connectivity index (χ1n) is 2.85. The molecule has 0 bridgehead atoms. The van der Waals surface area contributed by atoms with E-state index in [0.717, 1.165) is 5.57 Å². The van der Waals surface area contributed by atoms with E-state index in [1.165, 1.54) is 6.20 Å². The molecule has 0 saturated carbocycles. The van der Waals surface area contributed by atoms with E-state index in [0.29, 0.717) is 13.0 Å². The average Bonchev–Trinajstić information content (AvgIpc) is 1.98. The molecule has 3 N–H and O–H groups in total. The summed E-state index contributed by atoms with van der Waals surface area (Å²) in [6, 6.07) is 0. The molecule has 0 radical (unpaired) electrons. The highest BCUT2D eigenvalue weighted by Crippen LogP contribution is 1.81. The number of rotatable bonds is 4. The Morgan fingerprint density at radius 1 is 1.80 bits per heavy atom. The third-order valence-corrected chi connectivity index (χ3v) is 0.899. The van der Waals surface area contributed by atoms with E-state index in [1.54, 1.807) is 13.3 Å². The Morgan fingerprint density at radius 2 is 2.50 bits per heavy atom. The van der Waals surface area contributed by atoms with E-state index in [-0.39, 0.29) is 0 Å². The molecule has 4 nitrogen and oxygen atoms in total. The van der Waals surface area contributed by atoms with E-state index in [4.69, 9.17) is 5.73 Å². The van der Waals surface area contributed by atoms with Crippen molar-refractivity contribution in [3.05, 3.63) is 11.8 Å². The van der Waals surface area contributed by atoms with Gasteiger partial charge in [0.15, 0.2) is 0 Å². The molecular formula is C6H11N3O. The van der Waals surface area contributed by atoms with E-state index in [9.17, 15) is 4.79 Å². The Bertz CT molecular complexity index is 151. The van der Waals surface area contributed by atoms with Crippen LogP contribution in [0.25, 0.3) is 0 Å². The van der Waals surface area contributed by atoms with Gasteiger partial charge in [-0.3, -0.25) is 9.79 Å². The van der Waals surface area contributed by atoms with Gasteiger partial charge in [0.05, 0.1) is 0 Å². The van der Waals surface area contributed by atoms with Crippen molar-refractivity contribution in [1.29, 1.82) is 0 Å². The summed E-state index contributed by atoms with van der Waals surface area (Å²) in [5, 5.41) is 2.46. The predicted octanol–water partition coefficient (Wildman–Crippen LogP) is -0.724. The molecule has 1 amide bonds. The summed E-state index contributed by atoms with van der Waals surface area (Å²) in [6.07, 6.45) is 3.62. The van der Waals surface area contributed by atoms with Gasteiger partial charge in [-0.2, -0.15) is 0 Å². The predicted molar refractivity (Wildman–Crippen MR) is 40.8 cm³/mol. The Kier molecular flexibility index (Phi) is 5.04. The van der Waals surface area contributed by atoms with Crippen molar-refractivity contribution in [2.45, 2.75) is 0 Å². The summed E-state index contributed by atoms with van der Waals surface area (Å²) in [7, 11) is 1.64. The third-order valence-electron chi connectivity index (χ3n) is 0.899. The smallest absolute Gasteiger partial charge is 0.207 e. The van der Waals surface area contributed by atoms with Gasteiger partial charge in [-0.1, -0.05) is 0 Å². The van der Waals surface area contributed by atoms with Crippen molar-refractivity contribution >= 4 is 12.6 Å². The fourth-order valence-electron chi connectivity index (χ4n) is 0.473. The molecule has 0 aliphatic rings. The maximum absolute atomic E-state index is 9.81. The minimum atomic E-state index is 0.428. The number of aliphatic imine (C=N–C) groups is 1. The first-order valence-corrected chi connectivity index (χ1v) is 2.85. The van der Waals surface area contributed by atoms with Gasteiger partial charge in [-0.25, -0.2) is 0 Å². The van der Waals surface area contributed by atoms with E-state index < -0.39 is 0 Å². The molecule has 0 fully saturated rings. The van der Waals surface area contributed by atoms with Crippen LogP contribution in [0.15, 0.2) is 16.8 Å². The fraction of sp³-hybridized carbons (Fsp3) is 0.333. The van der Waals surface area contributed by atoms with Crippen LogP contribution in [0.2, 0.25) is 0 Å². The lowest BCUT2D eigenvalue weighted by atomic mass is 10.3. The van der Waals surface area contributed by atoms with Crippen LogP contribution in [-0.2, 0) is 4.79 Å². The van der Waals surface area contributed by atoms with Gasteiger partial charge in [0, 0.05) is 31.6 Å². The Balaban J connectivity index is 3.73. The van der Waals surface area contributed by atoms with Crippen LogP contribution in [0.4, 0.5) is 0 Å². The first-order chi connectivity index (χ1) is 4.85. The minimum absolute atomic E-state index is 0.428. The second-order valence-corrected chi connectivity index (χ2v) is 1.63. The van der Waals surface area contributed by atoms with Crippen LogP contribution < -0.4 is 11.1 Å². The number of carbonyl (C=O) groups is 1. The second-order valence-electron chi connectivity index (χ2n) is 1.63. The van der Waals surface area contributed by atoms with Crippen molar-refractivity contribution in [2.24, 2.45) is 10.7 Å². The molecule has 0 aromatic heterocycles. The summed E-state index contributed by atoms with van der Waals surface area (Å²) >= 11 is 0. The molecule has 0 aliphatic heterocycles. The van der Waals surface area contributed by atoms with Crippen LogP contribution >= 0.6 is 0 Å². The fourth-order valence-corrected chi connectivity index (χ4v) is 0.473. The van der Waals surface area contributed by atoms with Gasteiger partial charge in [0.2, 0.25) is 6.41 Å². The molecule has 0 unspecified atom stereocenters. The standard InChI is InChI=1S/C6H11N3O/c1-8-3-6(2-7)4-9-5-10/h2-3,5H,4,7H2,1H3,(H,9,10)/b6-2+,8-3?. The molecule has 0 aromatic rings. The summed E-state index contributed by atoms with van der Waals surface area (Å²) in [5.41, 5.74) is 5.98. The molecular weight excluding hydrogens is 130 g/mol. The lowest BCUT2D eigenvalue weighted by molar-refractivity contribution is -0.109.